The Kier molecular flexibility index (Phi) is 7.25. The minimum atomic E-state index is -0.513. The van der Waals surface area contributed by atoms with Crippen LogP contribution in [0.15, 0.2) is 54.6 Å². The Bertz CT molecular complexity index is 1010. The standard InChI is InChI=1S/C26H33N3O3/c1-4-31-18-23(30)16-28(21-13-14-21)17-25-20(3)27-29(22-10-6-5-7-11-22)26(25)32-24-12-8-9-19(2)15-24/h5-12,15,21,23,30H,4,13-14,16-18H2,1-3H3/t23-/m1/s1. The van der Waals surface area contributed by atoms with Crippen LogP contribution in [0, 0.1) is 13.8 Å². The van der Waals surface area contributed by atoms with E-state index in [2.05, 4.69) is 17.9 Å². The fourth-order valence-electron chi connectivity index (χ4n) is 3.92. The second-order valence-corrected chi connectivity index (χ2v) is 8.51. The van der Waals surface area contributed by atoms with E-state index in [1.807, 2.05) is 67.1 Å². The molecule has 1 N–H and O–H groups in total. The van der Waals surface area contributed by atoms with Crippen LogP contribution < -0.4 is 4.74 Å². The number of ether oxygens (including phenoxy) is 2. The Morgan fingerprint density at radius 1 is 1.12 bits per heavy atom. The van der Waals surface area contributed by atoms with Gasteiger partial charge in [-0.1, -0.05) is 30.3 Å². The molecule has 0 aliphatic heterocycles. The van der Waals surface area contributed by atoms with Crippen molar-refractivity contribution >= 4 is 0 Å². The second-order valence-electron chi connectivity index (χ2n) is 8.51. The molecule has 1 aliphatic carbocycles. The predicted molar refractivity (Wildman–Crippen MR) is 125 cm³/mol. The average molecular weight is 436 g/mol. The number of benzene rings is 2. The molecule has 1 fully saturated rings. The lowest BCUT2D eigenvalue weighted by molar-refractivity contribution is 0.0177. The third-order valence-corrected chi connectivity index (χ3v) is 5.73. The molecule has 0 unspecified atom stereocenters. The van der Waals surface area contributed by atoms with E-state index in [1.54, 1.807) is 0 Å². The highest BCUT2D eigenvalue weighted by Gasteiger charge is 2.32. The van der Waals surface area contributed by atoms with Gasteiger partial charge in [0.05, 0.1) is 29.7 Å². The van der Waals surface area contributed by atoms with Crippen LogP contribution in [-0.4, -0.2) is 51.7 Å². The first-order valence-corrected chi connectivity index (χ1v) is 11.4. The summed E-state index contributed by atoms with van der Waals surface area (Å²) in [6, 6.07) is 18.6. The number of hydrogen-bond acceptors (Lipinski definition) is 5. The van der Waals surface area contributed by atoms with Gasteiger partial charge in [-0.15, -0.1) is 0 Å². The number of para-hydroxylation sites is 1. The summed E-state index contributed by atoms with van der Waals surface area (Å²) in [6.07, 6.45) is 1.80. The molecule has 0 saturated heterocycles. The molecule has 1 heterocycles. The average Bonchev–Trinajstić information content (AvgIpc) is 3.59. The monoisotopic (exact) mass is 435 g/mol. The molecule has 2 aromatic carbocycles. The molecule has 1 aromatic heterocycles. The number of aromatic nitrogens is 2. The fourth-order valence-corrected chi connectivity index (χ4v) is 3.92. The maximum absolute atomic E-state index is 10.5. The van der Waals surface area contributed by atoms with Crippen LogP contribution in [0.2, 0.25) is 0 Å². The second kappa shape index (κ2) is 10.3. The lowest BCUT2D eigenvalue weighted by atomic mass is 10.2. The zero-order valence-electron chi connectivity index (χ0n) is 19.2. The maximum atomic E-state index is 10.5. The summed E-state index contributed by atoms with van der Waals surface area (Å²) in [5, 5.41) is 15.3. The normalized spacial score (nSPS) is 14.7. The number of hydrogen-bond donors (Lipinski definition) is 1. The summed E-state index contributed by atoms with van der Waals surface area (Å²) in [4.78, 5) is 2.34. The van der Waals surface area contributed by atoms with Crippen LogP contribution in [0.25, 0.3) is 5.69 Å². The Balaban J connectivity index is 1.66. The SMILES string of the molecule is CCOC[C@H](O)CN(Cc1c(C)nn(-c2ccccc2)c1Oc1cccc(C)c1)C1CC1. The summed E-state index contributed by atoms with van der Waals surface area (Å²) in [6.45, 7) is 8.24. The lowest BCUT2D eigenvalue weighted by Crippen LogP contribution is -2.36. The number of nitrogens with zero attached hydrogens (tertiary/aromatic N) is 3. The van der Waals surface area contributed by atoms with Crippen LogP contribution in [-0.2, 0) is 11.3 Å². The molecule has 170 valence electrons. The minimum absolute atomic E-state index is 0.356. The van der Waals surface area contributed by atoms with Gasteiger partial charge in [0.2, 0.25) is 5.88 Å². The van der Waals surface area contributed by atoms with E-state index in [0.29, 0.717) is 32.3 Å². The van der Waals surface area contributed by atoms with Gasteiger partial charge in [0.15, 0.2) is 0 Å². The maximum Gasteiger partial charge on any atom is 0.227 e. The van der Waals surface area contributed by atoms with E-state index < -0.39 is 6.10 Å². The summed E-state index contributed by atoms with van der Waals surface area (Å²) in [5.41, 5.74) is 4.08. The predicted octanol–water partition coefficient (Wildman–Crippen LogP) is 4.64. The molecule has 6 nitrogen and oxygen atoms in total. The molecule has 0 spiro atoms. The van der Waals surface area contributed by atoms with Crippen molar-refractivity contribution in [1.29, 1.82) is 0 Å². The van der Waals surface area contributed by atoms with Gasteiger partial charge in [-0.3, -0.25) is 4.90 Å². The number of aliphatic hydroxyl groups is 1. The Morgan fingerprint density at radius 3 is 2.59 bits per heavy atom. The van der Waals surface area contributed by atoms with E-state index in [0.717, 1.165) is 47.0 Å². The molecule has 0 bridgehead atoms. The van der Waals surface area contributed by atoms with Crippen LogP contribution >= 0.6 is 0 Å². The zero-order valence-corrected chi connectivity index (χ0v) is 19.2. The highest BCUT2D eigenvalue weighted by molar-refractivity contribution is 5.43. The van der Waals surface area contributed by atoms with Gasteiger partial charge in [-0.05, 0) is 63.4 Å². The molecule has 1 aliphatic rings. The quantitative estimate of drug-likeness (QED) is 0.475. The Labute approximate surface area is 190 Å². The van der Waals surface area contributed by atoms with Crippen molar-refractivity contribution in [3.05, 3.63) is 71.4 Å². The van der Waals surface area contributed by atoms with E-state index >= 15 is 0 Å². The first kappa shape index (κ1) is 22.5. The molecule has 32 heavy (non-hydrogen) atoms. The van der Waals surface area contributed by atoms with Gasteiger partial charge in [0.1, 0.15) is 5.75 Å². The van der Waals surface area contributed by atoms with Crippen molar-refractivity contribution in [3.63, 3.8) is 0 Å². The topological polar surface area (TPSA) is 59.8 Å². The smallest absolute Gasteiger partial charge is 0.227 e. The number of aryl methyl sites for hydroxylation is 2. The van der Waals surface area contributed by atoms with Gasteiger partial charge in [0.25, 0.3) is 0 Å². The van der Waals surface area contributed by atoms with Crippen LogP contribution in [0.4, 0.5) is 0 Å². The van der Waals surface area contributed by atoms with Gasteiger partial charge < -0.3 is 14.6 Å². The number of aliphatic hydroxyl groups excluding tert-OH is 1. The van der Waals surface area contributed by atoms with Crippen LogP contribution in [0.3, 0.4) is 0 Å². The molecule has 0 amide bonds. The van der Waals surface area contributed by atoms with E-state index in [9.17, 15) is 5.11 Å². The van der Waals surface area contributed by atoms with Crippen molar-refractivity contribution in [2.45, 2.75) is 52.3 Å². The van der Waals surface area contributed by atoms with Gasteiger partial charge in [0, 0.05) is 25.7 Å². The van der Waals surface area contributed by atoms with Crippen molar-refractivity contribution in [2.24, 2.45) is 0 Å². The third-order valence-electron chi connectivity index (χ3n) is 5.73. The molecular weight excluding hydrogens is 402 g/mol. The molecule has 1 saturated carbocycles. The highest BCUT2D eigenvalue weighted by atomic mass is 16.5. The fraction of sp³-hybridized carbons (Fsp3) is 0.423. The lowest BCUT2D eigenvalue weighted by Gasteiger charge is -2.25. The van der Waals surface area contributed by atoms with Crippen LogP contribution in [0.1, 0.15) is 36.6 Å². The summed E-state index contributed by atoms with van der Waals surface area (Å²) < 4.78 is 13.8. The van der Waals surface area contributed by atoms with Crippen molar-refractivity contribution in [1.82, 2.24) is 14.7 Å². The molecular formula is C26H33N3O3. The van der Waals surface area contributed by atoms with Crippen LogP contribution in [0.5, 0.6) is 11.6 Å². The largest absolute Gasteiger partial charge is 0.439 e. The number of rotatable bonds is 11. The van der Waals surface area contributed by atoms with E-state index in [1.165, 1.54) is 0 Å². The molecule has 1 atom stereocenters. The van der Waals surface area contributed by atoms with E-state index in [4.69, 9.17) is 14.6 Å². The molecule has 3 aromatic rings. The van der Waals surface area contributed by atoms with Gasteiger partial charge >= 0.3 is 0 Å². The van der Waals surface area contributed by atoms with Crippen molar-refractivity contribution < 1.29 is 14.6 Å². The third kappa shape index (κ3) is 5.57. The van der Waals surface area contributed by atoms with Gasteiger partial charge in [-0.2, -0.15) is 5.10 Å². The first-order valence-electron chi connectivity index (χ1n) is 11.4. The molecule has 6 heteroatoms. The Morgan fingerprint density at radius 2 is 1.91 bits per heavy atom. The van der Waals surface area contributed by atoms with Crippen molar-refractivity contribution in [3.8, 4) is 17.3 Å². The van der Waals surface area contributed by atoms with E-state index in [-0.39, 0.29) is 0 Å². The van der Waals surface area contributed by atoms with Crippen molar-refractivity contribution in [2.75, 3.05) is 19.8 Å². The first-order chi connectivity index (χ1) is 15.5. The highest BCUT2D eigenvalue weighted by Crippen LogP contribution is 2.35. The summed E-state index contributed by atoms with van der Waals surface area (Å²) in [5.74, 6) is 1.52. The molecule has 0 radical (unpaired) electrons. The minimum Gasteiger partial charge on any atom is -0.439 e. The molecule has 4 rings (SSSR count). The summed E-state index contributed by atoms with van der Waals surface area (Å²) >= 11 is 0. The Hall–Kier alpha value is -2.67. The summed E-state index contributed by atoms with van der Waals surface area (Å²) in [7, 11) is 0. The van der Waals surface area contributed by atoms with Gasteiger partial charge in [-0.25, -0.2) is 4.68 Å². The zero-order chi connectivity index (χ0) is 22.5.